The first-order valence-electron chi connectivity index (χ1n) is 5.06. The molecule has 1 fully saturated rings. The Hall–Kier alpha value is -1.09. The number of benzene rings is 1. The summed E-state index contributed by atoms with van der Waals surface area (Å²) in [7, 11) is 0.532. The average molecular weight is 188 g/mol. The number of rotatable bonds is 3. The van der Waals surface area contributed by atoms with Gasteiger partial charge in [0.05, 0.1) is 0 Å². The molecule has 1 aliphatic rings. The highest BCUT2D eigenvalue weighted by Gasteiger charge is 2.21. The van der Waals surface area contributed by atoms with Crippen molar-refractivity contribution in [3.05, 3.63) is 35.9 Å². The van der Waals surface area contributed by atoms with Gasteiger partial charge >= 0.3 is 0 Å². The SMILES string of the molecule is O=C(BC1CCCO1)c1ccccc1. The molecule has 1 saturated heterocycles. The largest absolute Gasteiger partial charge is 0.386 e. The Balaban J connectivity index is 1.95. The summed E-state index contributed by atoms with van der Waals surface area (Å²) in [4.78, 5) is 11.7. The molecule has 1 heterocycles. The van der Waals surface area contributed by atoms with Crippen molar-refractivity contribution in [3.63, 3.8) is 0 Å². The maximum Gasteiger partial charge on any atom is 0.245 e. The normalized spacial score (nSPS) is 20.7. The summed E-state index contributed by atoms with van der Waals surface area (Å²) < 4.78 is 5.42. The summed E-state index contributed by atoms with van der Waals surface area (Å²) in [5.74, 6) is 0. The number of carbonyl (C=O) groups excluding carboxylic acids is 1. The molecular weight excluding hydrogens is 175 g/mol. The third-order valence-electron chi connectivity index (χ3n) is 2.53. The molecule has 0 aliphatic carbocycles. The lowest BCUT2D eigenvalue weighted by Gasteiger charge is -2.05. The van der Waals surface area contributed by atoms with Crippen LogP contribution in [-0.4, -0.2) is 25.6 Å². The van der Waals surface area contributed by atoms with E-state index in [4.69, 9.17) is 4.74 Å². The molecular formula is C11H13BO2. The van der Waals surface area contributed by atoms with Crippen LogP contribution in [0.2, 0.25) is 0 Å². The second-order valence-electron chi connectivity index (χ2n) is 3.63. The van der Waals surface area contributed by atoms with Gasteiger partial charge in [0.25, 0.3) is 0 Å². The van der Waals surface area contributed by atoms with Gasteiger partial charge in [-0.25, -0.2) is 0 Å². The summed E-state index contributed by atoms with van der Waals surface area (Å²) in [5.41, 5.74) is 0.987. The average Bonchev–Trinajstić information content (AvgIpc) is 2.72. The molecule has 0 aromatic heterocycles. The highest BCUT2D eigenvalue weighted by atomic mass is 16.5. The Labute approximate surface area is 84.5 Å². The van der Waals surface area contributed by atoms with Gasteiger partial charge < -0.3 is 9.53 Å². The van der Waals surface area contributed by atoms with E-state index in [1.807, 2.05) is 30.3 Å². The van der Waals surface area contributed by atoms with Crippen LogP contribution in [0.5, 0.6) is 0 Å². The van der Waals surface area contributed by atoms with Crippen LogP contribution >= 0.6 is 0 Å². The minimum Gasteiger partial charge on any atom is -0.386 e. The smallest absolute Gasteiger partial charge is 0.245 e. The molecule has 1 unspecified atom stereocenters. The Morgan fingerprint density at radius 3 is 2.79 bits per heavy atom. The van der Waals surface area contributed by atoms with Crippen LogP contribution in [0, 0.1) is 0 Å². The number of hydrogen-bond donors (Lipinski definition) is 0. The van der Waals surface area contributed by atoms with Gasteiger partial charge in [-0.15, -0.1) is 0 Å². The molecule has 0 N–H and O–H groups in total. The summed E-state index contributed by atoms with van der Waals surface area (Å²) in [6, 6.07) is 9.57. The maximum absolute atomic E-state index is 11.7. The molecule has 3 heteroatoms. The molecule has 72 valence electrons. The van der Waals surface area contributed by atoms with E-state index in [0.29, 0.717) is 7.28 Å². The summed E-state index contributed by atoms with van der Waals surface area (Å²) >= 11 is 0. The predicted octanol–water partition coefficient (Wildman–Crippen LogP) is 1.40. The van der Waals surface area contributed by atoms with Crippen LogP contribution in [0.4, 0.5) is 0 Å². The van der Waals surface area contributed by atoms with Crippen molar-refractivity contribution in [1.82, 2.24) is 0 Å². The summed E-state index contributed by atoms with van der Waals surface area (Å²) in [6.07, 6.45) is 2.12. The van der Waals surface area contributed by atoms with E-state index in [0.717, 1.165) is 25.0 Å². The molecule has 14 heavy (non-hydrogen) atoms. The van der Waals surface area contributed by atoms with Crippen LogP contribution < -0.4 is 0 Å². The first-order chi connectivity index (χ1) is 6.86. The van der Waals surface area contributed by atoms with E-state index in [9.17, 15) is 4.79 Å². The van der Waals surface area contributed by atoms with Crippen LogP contribution in [-0.2, 0) is 4.74 Å². The van der Waals surface area contributed by atoms with Crippen LogP contribution in [0.15, 0.2) is 30.3 Å². The van der Waals surface area contributed by atoms with Crippen molar-refractivity contribution in [2.75, 3.05) is 6.61 Å². The number of hydrogen-bond acceptors (Lipinski definition) is 2. The van der Waals surface area contributed by atoms with Crippen LogP contribution in [0.1, 0.15) is 23.2 Å². The molecule has 1 aromatic carbocycles. The molecule has 0 radical (unpaired) electrons. The van der Waals surface area contributed by atoms with Crippen molar-refractivity contribution in [1.29, 1.82) is 0 Å². The molecule has 0 saturated carbocycles. The standard InChI is InChI=1S/C11H13BO2/c13-11(9-5-2-1-3-6-9)12-10-7-4-8-14-10/h1-3,5-6,10,12H,4,7-8H2. The van der Waals surface area contributed by atoms with Crippen molar-refractivity contribution in [3.8, 4) is 0 Å². The summed E-state index contributed by atoms with van der Waals surface area (Å²) in [5, 5.41) is 0. The highest BCUT2D eigenvalue weighted by molar-refractivity contribution is 6.78. The van der Waals surface area contributed by atoms with E-state index in [2.05, 4.69) is 0 Å². The molecule has 0 spiro atoms. The zero-order valence-corrected chi connectivity index (χ0v) is 8.11. The molecule has 0 bridgehead atoms. The number of carbonyl (C=O) groups is 1. The third-order valence-corrected chi connectivity index (χ3v) is 2.53. The van der Waals surface area contributed by atoms with Crippen LogP contribution in [0.25, 0.3) is 0 Å². The Bertz CT molecular complexity index is 304. The minimum atomic E-state index is 0.155. The number of ether oxygens (including phenoxy) is 1. The molecule has 1 atom stereocenters. The van der Waals surface area contributed by atoms with E-state index in [1.165, 1.54) is 0 Å². The fraction of sp³-hybridized carbons (Fsp3) is 0.364. The summed E-state index contributed by atoms with van der Waals surface area (Å²) in [6.45, 7) is 0.812. The fourth-order valence-electron chi connectivity index (χ4n) is 1.75. The topological polar surface area (TPSA) is 26.3 Å². The molecule has 1 aromatic rings. The predicted molar refractivity (Wildman–Crippen MR) is 56.9 cm³/mol. The Morgan fingerprint density at radius 2 is 2.14 bits per heavy atom. The monoisotopic (exact) mass is 188 g/mol. The van der Waals surface area contributed by atoms with Gasteiger partial charge in [0.2, 0.25) is 7.28 Å². The Kier molecular flexibility index (Phi) is 2.99. The van der Waals surface area contributed by atoms with Crippen molar-refractivity contribution in [2.45, 2.75) is 18.8 Å². The van der Waals surface area contributed by atoms with Gasteiger partial charge in [-0.3, -0.25) is 0 Å². The first-order valence-corrected chi connectivity index (χ1v) is 5.06. The molecule has 2 rings (SSSR count). The lowest BCUT2D eigenvalue weighted by atomic mass is 9.64. The van der Waals surface area contributed by atoms with E-state index < -0.39 is 0 Å². The molecule has 1 aliphatic heterocycles. The highest BCUT2D eigenvalue weighted by Crippen LogP contribution is 2.12. The van der Waals surface area contributed by atoms with E-state index in [-0.39, 0.29) is 11.7 Å². The van der Waals surface area contributed by atoms with E-state index >= 15 is 0 Å². The lowest BCUT2D eigenvalue weighted by Crippen LogP contribution is -2.24. The van der Waals surface area contributed by atoms with Crippen molar-refractivity contribution in [2.24, 2.45) is 0 Å². The molecule has 2 nitrogen and oxygen atoms in total. The van der Waals surface area contributed by atoms with Gasteiger partial charge in [-0.1, -0.05) is 30.3 Å². The fourth-order valence-corrected chi connectivity index (χ4v) is 1.75. The van der Waals surface area contributed by atoms with Gasteiger partial charge in [-0.05, 0) is 12.8 Å². The van der Waals surface area contributed by atoms with Gasteiger partial charge in [0.1, 0.15) is 5.68 Å². The first kappa shape index (κ1) is 9.47. The van der Waals surface area contributed by atoms with E-state index in [1.54, 1.807) is 0 Å². The zero-order valence-electron chi connectivity index (χ0n) is 8.11. The van der Waals surface area contributed by atoms with Gasteiger partial charge in [0, 0.05) is 18.2 Å². The quantitative estimate of drug-likeness (QED) is 0.670. The maximum atomic E-state index is 11.7. The Morgan fingerprint density at radius 1 is 1.36 bits per heavy atom. The second-order valence-corrected chi connectivity index (χ2v) is 3.63. The van der Waals surface area contributed by atoms with Gasteiger partial charge in [0.15, 0.2) is 0 Å². The third kappa shape index (κ3) is 2.23. The minimum absolute atomic E-state index is 0.155. The van der Waals surface area contributed by atoms with Crippen molar-refractivity contribution < 1.29 is 9.53 Å². The van der Waals surface area contributed by atoms with Crippen LogP contribution in [0.3, 0.4) is 0 Å². The lowest BCUT2D eigenvalue weighted by molar-refractivity contribution is 0.105. The molecule has 0 amide bonds. The second kappa shape index (κ2) is 4.42. The zero-order chi connectivity index (χ0) is 9.80. The van der Waals surface area contributed by atoms with Gasteiger partial charge in [-0.2, -0.15) is 0 Å². The van der Waals surface area contributed by atoms with Crippen molar-refractivity contribution >= 4 is 13.0 Å².